The van der Waals surface area contributed by atoms with Gasteiger partial charge in [0.1, 0.15) is 5.75 Å². The number of unbranched alkanes of at least 4 members (excludes halogenated alkanes) is 4. The average molecular weight is 410 g/mol. The number of allylic oxidation sites excluding steroid dienone is 8. The van der Waals surface area contributed by atoms with Crippen molar-refractivity contribution in [1.82, 2.24) is 0 Å². The molecule has 0 saturated heterocycles. The summed E-state index contributed by atoms with van der Waals surface area (Å²) in [7, 11) is 1.63. The zero-order chi connectivity index (χ0) is 21.7. The molecule has 0 bridgehead atoms. The van der Waals surface area contributed by atoms with E-state index >= 15 is 0 Å². The summed E-state index contributed by atoms with van der Waals surface area (Å²) >= 11 is 0. The number of hydrogen-bond donors (Lipinski definition) is 1. The van der Waals surface area contributed by atoms with Gasteiger partial charge in [-0.25, -0.2) is 0 Å². The monoisotopic (exact) mass is 409 g/mol. The van der Waals surface area contributed by atoms with Crippen molar-refractivity contribution in [3.8, 4) is 5.75 Å². The second-order valence-electron chi connectivity index (χ2n) is 7.26. The molecular weight excluding hydrogens is 370 g/mol. The third-order valence-corrected chi connectivity index (χ3v) is 4.61. The van der Waals surface area contributed by atoms with Gasteiger partial charge in [-0.3, -0.25) is 4.79 Å². The molecule has 0 saturated carbocycles. The van der Waals surface area contributed by atoms with Crippen molar-refractivity contribution in [1.29, 1.82) is 0 Å². The lowest BCUT2D eigenvalue weighted by Crippen LogP contribution is -2.10. The van der Waals surface area contributed by atoms with Crippen molar-refractivity contribution in [2.45, 2.75) is 71.1 Å². The van der Waals surface area contributed by atoms with Gasteiger partial charge in [0.05, 0.1) is 7.11 Å². The van der Waals surface area contributed by atoms with Gasteiger partial charge in [-0.2, -0.15) is 0 Å². The Labute approximate surface area is 183 Å². The molecular formula is C27H39NO2. The first-order valence-corrected chi connectivity index (χ1v) is 11.3. The number of anilines is 1. The summed E-state index contributed by atoms with van der Waals surface area (Å²) in [5, 5.41) is 2.91. The molecule has 1 aromatic carbocycles. The maximum absolute atomic E-state index is 11.9. The summed E-state index contributed by atoms with van der Waals surface area (Å²) in [6.07, 6.45) is 28.2. The van der Waals surface area contributed by atoms with E-state index < -0.39 is 0 Å². The van der Waals surface area contributed by atoms with Crippen LogP contribution in [0.1, 0.15) is 71.1 Å². The first kappa shape index (κ1) is 25.5. The van der Waals surface area contributed by atoms with Gasteiger partial charge in [-0.05, 0) is 69.2 Å². The Hall–Kier alpha value is -2.55. The Bertz CT molecular complexity index is 669. The summed E-state index contributed by atoms with van der Waals surface area (Å²) in [5.41, 5.74) is 0.804. The third kappa shape index (κ3) is 14.4. The largest absolute Gasteiger partial charge is 0.497 e. The lowest BCUT2D eigenvalue weighted by atomic mass is 10.2. The molecule has 0 radical (unpaired) electrons. The standard InChI is InChI=1S/C27H39NO2/c1-3-4-5-6-7-8-9-10-11-12-13-14-15-16-17-18-19-20-27(29)28-25-21-23-26(30-2)24-22-25/h7-8,10-11,13-14,16-17,21-24H,3-6,9,12,15,18-20H2,1-2H3,(H,28,29)/b8-7-,11-10-,14-13-,17-16-. The Morgan fingerprint density at radius 1 is 0.800 bits per heavy atom. The van der Waals surface area contributed by atoms with Crippen LogP contribution in [0.2, 0.25) is 0 Å². The van der Waals surface area contributed by atoms with Crippen LogP contribution in [-0.2, 0) is 4.79 Å². The third-order valence-electron chi connectivity index (χ3n) is 4.61. The summed E-state index contributed by atoms with van der Waals surface area (Å²) < 4.78 is 5.11. The van der Waals surface area contributed by atoms with E-state index in [-0.39, 0.29) is 5.91 Å². The van der Waals surface area contributed by atoms with Crippen molar-refractivity contribution in [3.05, 3.63) is 72.9 Å². The van der Waals surface area contributed by atoms with Crippen molar-refractivity contribution >= 4 is 11.6 Å². The molecule has 164 valence electrons. The molecule has 0 aliphatic carbocycles. The van der Waals surface area contributed by atoms with E-state index in [4.69, 9.17) is 4.74 Å². The van der Waals surface area contributed by atoms with E-state index in [9.17, 15) is 4.79 Å². The highest BCUT2D eigenvalue weighted by molar-refractivity contribution is 5.90. The van der Waals surface area contributed by atoms with Crippen LogP contribution in [0.25, 0.3) is 0 Å². The Morgan fingerprint density at radius 3 is 1.87 bits per heavy atom. The minimum absolute atomic E-state index is 0.0519. The maximum atomic E-state index is 11.9. The van der Waals surface area contributed by atoms with Crippen LogP contribution in [0, 0.1) is 0 Å². The second kappa shape index (κ2) is 18.5. The van der Waals surface area contributed by atoms with E-state index in [0.717, 1.165) is 43.5 Å². The number of methoxy groups -OCH3 is 1. The first-order valence-electron chi connectivity index (χ1n) is 11.3. The van der Waals surface area contributed by atoms with Gasteiger partial charge in [0, 0.05) is 12.1 Å². The minimum atomic E-state index is 0.0519. The van der Waals surface area contributed by atoms with Crippen LogP contribution in [0.3, 0.4) is 0 Å². The van der Waals surface area contributed by atoms with Crippen molar-refractivity contribution < 1.29 is 9.53 Å². The van der Waals surface area contributed by atoms with Crippen LogP contribution in [0.4, 0.5) is 5.69 Å². The van der Waals surface area contributed by atoms with Crippen LogP contribution < -0.4 is 10.1 Å². The van der Waals surface area contributed by atoms with Gasteiger partial charge in [-0.15, -0.1) is 0 Å². The number of rotatable bonds is 16. The molecule has 0 atom stereocenters. The molecule has 0 aliphatic rings. The van der Waals surface area contributed by atoms with Gasteiger partial charge < -0.3 is 10.1 Å². The van der Waals surface area contributed by atoms with Crippen molar-refractivity contribution in [3.63, 3.8) is 0 Å². The van der Waals surface area contributed by atoms with E-state index in [0.29, 0.717) is 6.42 Å². The highest BCUT2D eigenvalue weighted by atomic mass is 16.5. The molecule has 0 aromatic heterocycles. The van der Waals surface area contributed by atoms with Crippen molar-refractivity contribution in [2.24, 2.45) is 0 Å². The highest BCUT2D eigenvalue weighted by Crippen LogP contribution is 2.15. The molecule has 3 heteroatoms. The molecule has 3 nitrogen and oxygen atoms in total. The first-order chi connectivity index (χ1) is 14.8. The Morgan fingerprint density at radius 2 is 1.33 bits per heavy atom. The quantitative estimate of drug-likeness (QED) is 0.223. The Kier molecular flexibility index (Phi) is 15.7. The topological polar surface area (TPSA) is 38.3 Å². The molecule has 0 heterocycles. The summed E-state index contributed by atoms with van der Waals surface area (Å²) in [5.74, 6) is 0.838. The predicted octanol–water partition coefficient (Wildman–Crippen LogP) is 7.78. The lowest BCUT2D eigenvalue weighted by molar-refractivity contribution is -0.116. The number of nitrogens with one attached hydrogen (secondary N) is 1. The fourth-order valence-corrected chi connectivity index (χ4v) is 2.84. The zero-order valence-electron chi connectivity index (χ0n) is 18.8. The highest BCUT2D eigenvalue weighted by Gasteiger charge is 2.01. The van der Waals surface area contributed by atoms with Crippen molar-refractivity contribution in [2.75, 3.05) is 12.4 Å². The predicted molar refractivity (Wildman–Crippen MR) is 130 cm³/mol. The fraction of sp³-hybridized carbons (Fsp3) is 0.444. The maximum Gasteiger partial charge on any atom is 0.224 e. The molecule has 0 aliphatic heterocycles. The Balaban J connectivity index is 2.00. The molecule has 1 N–H and O–H groups in total. The minimum Gasteiger partial charge on any atom is -0.497 e. The number of carbonyl (C=O) groups excluding carboxylic acids is 1. The molecule has 0 unspecified atom stereocenters. The smallest absolute Gasteiger partial charge is 0.224 e. The number of amides is 1. The van der Waals surface area contributed by atoms with E-state index in [1.807, 2.05) is 24.3 Å². The van der Waals surface area contributed by atoms with Gasteiger partial charge in [0.2, 0.25) is 5.91 Å². The zero-order valence-corrected chi connectivity index (χ0v) is 18.8. The molecule has 30 heavy (non-hydrogen) atoms. The molecule has 1 amide bonds. The molecule has 0 spiro atoms. The summed E-state index contributed by atoms with van der Waals surface area (Å²) in [6, 6.07) is 7.38. The molecule has 0 fully saturated rings. The SMILES string of the molecule is CCCCC/C=C\C/C=C\C/C=C\C/C=C\CCCC(=O)Nc1ccc(OC)cc1. The summed E-state index contributed by atoms with van der Waals surface area (Å²) in [6.45, 7) is 2.24. The normalized spacial score (nSPS) is 11.9. The van der Waals surface area contributed by atoms with E-state index in [1.165, 1.54) is 25.7 Å². The average Bonchev–Trinajstić information content (AvgIpc) is 2.76. The van der Waals surface area contributed by atoms with Crippen LogP contribution in [0.5, 0.6) is 5.75 Å². The van der Waals surface area contributed by atoms with Gasteiger partial charge >= 0.3 is 0 Å². The number of carbonyl (C=O) groups is 1. The summed E-state index contributed by atoms with van der Waals surface area (Å²) in [4.78, 5) is 11.9. The van der Waals surface area contributed by atoms with Gasteiger partial charge in [0.15, 0.2) is 0 Å². The fourth-order valence-electron chi connectivity index (χ4n) is 2.84. The van der Waals surface area contributed by atoms with Gasteiger partial charge in [0.25, 0.3) is 0 Å². The van der Waals surface area contributed by atoms with Crippen LogP contribution in [-0.4, -0.2) is 13.0 Å². The van der Waals surface area contributed by atoms with Gasteiger partial charge in [-0.1, -0.05) is 68.4 Å². The van der Waals surface area contributed by atoms with Crippen LogP contribution >= 0.6 is 0 Å². The van der Waals surface area contributed by atoms with E-state index in [1.54, 1.807) is 7.11 Å². The lowest BCUT2D eigenvalue weighted by Gasteiger charge is -2.05. The second-order valence-corrected chi connectivity index (χ2v) is 7.26. The molecule has 1 aromatic rings. The van der Waals surface area contributed by atoms with E-state index in [2.05, 4.69) is 60.8 Å². The van der Waals surface area contributed by atoms with Crippen LogP contribution in [0.15, 0.2) is 72.9 Å². The molecule has 1 rings (SSSR count). The number of hydrogen-bond acceptors (Lipinski definition) is 2. The number of ether oxygens (including phenoxy) is 1. The number of benzene rings is 1.